The molecule has 0 bridgehead atoms. The zero-order valence-electron chi connectivity index (χ0n) is 23.0. The van der Waals surface area contributed by atoms with E-state index in [0.717, 1.165) is 22.5 Å². The van der Waals surface area contributed by atoms with Crippen molar-refractivity contribution in [3.8, 4) is 44.8 Å². The molecule has 0 amide bonds. The number of aromatic nitrogens is 1. The minimum Gasteiger partial charge on any atom is -0.248 e. The molecule has 0 aliphatic carbocycles. The van der Waals surface area contributed by atoms with Gasteiger partial charge < -0.3 is 0 Å². The van der Waals surface area contributed by atoms with E-state index in [2.05, 4.69) is 158 Å². The molecule has 42 heavy (non-hydrogen) atoms. The predicted molar refractivity (Wildman–Crippen MR) is 178 cm³/mol. The van der Waals surface area contributed by atoms with Crippen molar-refractivity contribution < 1.29 is 0 Å². The lowest BCUT2D eigenvalue weighted by molar-refractivity contribution is 1.32. The van der Waals surface area contributed by atoms with Crippen molar-refractivity contribution in [3.05, 3.63) is 164 Å². The molecule has 196 valence electrons. The first-order chi connectivity index (χ1) is 20.8. The molecule has 0 saturated carbocycles. The van der Waals surface area contributed by atoms with E-state index in [1.807, 2.05) is 6.07 Å². The van der Waals surface area contributed by atoms with E-state index in [0.29, 0.717) is 0 Å². The fourth-order valence-electron chi connectivity index (χ4n) is 6.27. The molecule has 8 aromatic rings. The largest absolute Gasteiger partial charge is 0.248 e. The van der Waals surface area contributed by atoms with Crippen LogP contribution in [-0.4, -0.2) is 4.98 Å². The van der Waals surface area contributed by atoms with Crippen molar-refractivity contribution in [2.75, 3.05) is 0 Å². The Kier molecular flexibility index (Phi) is 5.86. The maximum atomic E-state index is 4.98. The summed E-state index contributed by atoms with van der Waals surface area (Å²) < 4.78 is 0. The van der Waals surface area contributed by atoms with Crippen LogP contribution in [0.5, 0.6) is 0 Å². The highest BCUT2D eigenvalue weighted by Crippen LogP contribution is 2.44. The van der Waals surface area contributed by atoms with Gasteiger partial charge in [0.2, 0.25) is 0 Å². The van der Waals surface area contributed by atoms with Crippen molar-refractivity contribution >= 4 is 32.3 Å². The fraction of sp³-hybridized carbons (Fsp3) is 0. The molecule has 0 aliphatic heterocycles. The van der Waals surface area contributed by atoms with Crippen LogP contribution in [0.3, 0.4) is 0 Å². The number of pyridine rings is 1. The van der Waals surface area contributed by atoms with Crippen LogP contribution < -0.4 is 0 Å². The van der Waals surface area contributed by atoms with Crippen LogP contribution >= 0.6 is 0 Å². The molecule has 1 heteroatoms. The topological polar surface area (TPSA) is 12.9 Å². The SMILES string of the molecule is c1ccc(-c2cccc(-c3ccc(-c4c5ccccc5c(-c5ccc6ccccc6c5)c5ccccc45)cc3)n2)cc1. The summed E-state index contributed by atoms with van der Waals surface area (Å²) >= 11 is 0. The third-order valence-corrected chi connectivity index (χ3v) is 8.26. The molecule has 0 N–H and O–H groups in total. The molecule has 1 nitrogen and oxygen atoms in total. The van der Waals surface area contributed by atoms with Crippen LogP contribution in [0, 0.1) is 0 Å². The standard InChI is InChI=1S/C41H27N/c1-2-12-29(13-3-1)38-19-10-20-39(42-38)30-22-24-31(25-23-30)40-34-15-6-8-17-36(34)41(37-18-9-7-16-35(37)40)33-26-21-28-11-4-5-14-32(28)27-33/h1-27H. The molecule has 0 fully saturated rings. The fourth-order valence-corrected chi connectivity index (χ4v) is 6.27. The van der Waals surface area contributed by atoms with Crippen LogP contribution in [0.2, 0.25) is 0 Å². The van der Waals surface area contributed by atoms with E-state index in [1.165, 1.54) is 54.6 Å². The summed E-state index contributed by atoms with van der Waals surface area (Å²) in [6, 6.07) is 58.6. The summed E-state index contributed by atoms with van der Waals surface area (Å²) in [5.74, 6) is 0. The Morgan fingerprint density at radius 3 is 1.36 bits per heavy atom. The minimum atomic E-state index is 0.976. The zero-order valence-corrected chi connectivity index (χ0v) is 23.0. The van der Waals surface area contributed by atoms with Gasteiger partial charge in [-0.1, -0.05) is 146 Å². The molecule has 1 aromatic heterocycles. The average molecular weight is 534 g/mol. The van der Waals surface area contributed by atoms with E-state index in [1.54, 1.807) is 0 Å². The molecule has 7 aromatic carbocycles. The maximum absolute atomic E-state index is 4.98. The highest BCUT2D eigenvalue weighted by Gasteiger charge is 2.17. The first-order valence-electron chi connectivity index (χ1n) is 14.4. The Morgan fingerprint density at radius 1 is 0.286 bits per heavy atom. The highest BCUT2D eigenvalue weighted by atomic mass is 14.7. The molecule has 1 heterocycles. The summed E-state index contributed by atoms with van der Waals surface area (Å²) in [5, 5.41) is 7.57. The Bertz CT molecular complexity index is 2170. The van der Waals surface area contributed by atoms with Crippen LogP contribution in [0.4, 0.5) is 0 Å². The molecule has 0 radical (unpaired) electrons. The molecule has 0 spiro atoms. The van der Waals surface area contributed by atoms with Gasteiger partial charge in [-0.3, -0.25) is 0 Å². The first kappa shape index (κ1) is 24.3. The van der Waals surface area contributed by atoms with Crippen LogP contribution in [0.25, 0.3) is 77.1 Å². The zero-order chi connectivity index (χ0) is 27.9. The van der Waals surface area contributed by atoms with Crippen molar-refractivity contribution in [2.45, 2.75) is 0 Å². The Labute approximate surface area is 245 Å². The summed E-state index contributed by atoms with van der Waals surface area (Å²) in [6.45, 7) is 0. The van der Waals surface area contributed by atoms with Gasteiger partial charge >= 0.3 is 0 Å². The van der Waals surface area contributed by atoms with Crippen LogP contribution in [0.1, 0.15) is 0 Å². The second-order valence-electron chi connectivity index (χ2n) is 10.8. The van der Waals surface area contributed by atoms with E-state index in [4.69, 9.17) is 4.98 Å². The molecular formula is C41H27N. The second-order valence-corrected chi connectivity index (χ2v) is 10.8. The molecular weight excluding hydrogens is 506 g/mol. The predicted octanol–water partition coefficient (Wildman–Crippen LogP) is 11.2. The third kappa shape index (κ3) is 4.15. The molecule has 0 aliphatic rings. The van der Waals surface area contributed by atoms with Gasteiger partial charge in [0.05, 0.1) is 11.4 Å². The van der Waals surface area contributed by atoms with E-state index in [-0.39, 0.29) is 0 Å². The number of benzene rings is 7. The quantitative estimate of drug-likeness (QED) is 0.205. The number of rotatable bonds is 4. The van der Waals surface area contributed by atoms with E-state index in [9.17, 15) is 0 Å². The smallest absolute Gasteiger partial charge is 0.0709 e. The number of hydrogen-bond donors (Lipinski definition) is 0. The summed E-state index contributed by atoms with van der Waals surface area (Å²) in [4.78, 5) is 4.98. The summed E-state index contributed by atoms with van der Waals surface area (Å²) in [5.41, 5.74) is 9.20. The Balaban J connectivity index is 1.29. The lowest BCUT2D eigenvalue weighted by Crippen LogP contribution is -1.91. The van der Waals surface area contributed by atoms with E-state index < -0.39 is 0 Å². The van der Waals surface area contributed by atoms with Gasteiger partial charge in [-0.15, -0.1) is 0 Å². The minimum absolute atomic E-state index is 0.976. The van der Waals surface area contributed by atoms with Gasteiger partial charge in [-0.05, 0) is 72.8 Å². The number of nitrogens with zero attached hydrogens (tertiary/aromatic N) is 1. The second kappa shape index (κ2) is 10.1. The lowest BCUT2D eigenvalue weighted by atomic mass is 9.85. The first-order valence-corrected chi connectivity index (χ1v) is 14.4. The van der Waals surface area contributed by atoms with Crippen molar-refractivity contribution in [3.63, 3.8) is 0 Å². The molecule has 8 rings (SSSR count). The summed E-state index contributed by atoms with van der Waals surface area (Å²) in [7, 11) is 0. The molecule has 0 unspecified atom stereocenters. The van der Waals surface area contributed by atoms with Gasteiger partial charge in [0.15, 0.2) is 0 Å². The van der Waals surface area contributed by atoms with Gasteiger partial charge in [-0.2, -0.15) is 0 Å². The van der Waals surface area contributed by atoms with Gasteiger partial charge in [0.1, 0.15) is 0 Å². The average Bonchev–Trinajstić information content (AvgIpc) is 3.07. The number of hydrogen-bond acceptors (Lipinski definition) is 1. The van der Waals surface area contributed by atoms with Crippen molar-refractivity contribution in [1.29, 1.82) is 0 Å². The maximum Gasteiger partial charge on any atom is 0.0709 e. The van der Waals surface area contributed by atoms with Crippen molar-refractivity contribution in [1.82, 2.24) is 4.98 Å². The third-order valence-electron chi connectivity index (χ3n) is 8.26. The normalized spacial score (nSPS) is 11.3. The Hall–Kier alpha value is -5.53. The highest BCUT2D eigenvalue weighted by molar-refractivity contribution is 6.21. The monoisotopic (exact) mass is 533 g/mol. The van der Waals surface area contributed by atoms with Crippen LogP contribution in [0.15, 0.2) is 164 Å². The summed E-state index contributed by atoms with van der Waals surface area (Å²) in [6.07, 6.45) is 0. The van der Waals surface area contributed by atoms with Gasteiger partial charge in [0.25, 0.3) is 0 Å². The van der Waals surface area contributed by atoms with Crippen molar-refractivity contribution in [2.24, 2.45) is 0 Å². The van der Waals surface area contributed by atoms with Crippen LogP contribution in [-0.2, 0) is 0 Å². The molecule has 0 saturated heterocycles. The lowest BCUT2D eigenvalue weighted by Gasteiger charge is -2.18. The Morgan fingerprint density at radius 2 is 0.738 bits per heavy atom. The van der Waals surface area contributed by atoms with Gasteiger partial charge in [-0.25, -0.2) is 4.98 Å². The number of fused-ring (bicyclic) bond motifs is 3. The molecule has 0 atom stereocenters. The van der Waals surface area contributed by atoms with E-state index >= 15 is 0 Å². The van der Waals surface area contributed by atoms with Gasteiger partial charge in [0, 0.05) is 11.1 Å².